The molecule has 9 rings (SSSR count). The maximum absolute atomic E-state index is 12.0. The third kappa shape index (κ3) is 5.71. The summed E-state index contributed by atoms with van der Waals surface area (Å²) < 4.78 is 0. The Bertz CT molecular complexity index is 2680. The fourth-order valence-corrected chi connectivity index (χ4v) is 9.54. The largest absolute Gasteiger partial charge is 0.507 e. The van der Waals surface area contributed by atoms with Crippen molar-refractivity contribution in [2.45, 2.75) is 91.4 Å². The van der Waals surface area contributed by atoms with Gasteiger partial charge < -0.3 is 5.11 Å². The minimum atomic E-state index is -0.670. The number of phenols is 1. The molecule has 0 unspecified atom stereocenters. The Hall–Kier alpha value is -6.00. The molecule has 1 N–H and O–H groups in total. The van der Waals surface area contributed by atoms with Gasteiger partial charge in [-0.3, -0.25) is 9.88 Å². The number of benzene rings is 5. The van der Waals surface area contributed by atoms with Crippen molar-refractivity contribution in [3.8, 4) is 39.4 Å². The van der Waals surface area contributed by atoms with Crippen molar-refractivity contribution in [1.29, 1.82) is 0 Å². The Morgan fingerprint density at radius 1 is 0.621 bits per heavy atom. The number of rotatable bonds is 5. The first kappa shape index (κ1) is 37.6. The van der Waals surface area contributed by atoms with E-state index in [4.69, 9.17) is 9.97 Å². The molecule has 2 aliphatic carbocycles. The average Bonchev–Trinajstić information content (AvgIpc) is 3.65. The smallest absolute Gasteiger partial charge is 0.138 e. The van der Waals surface area contributed by atoms with Gasteiger partial charge in [-0.2, -0.15) is 0 Å². The second-order valence-corrected chi connectivity index (χ2v) is 18.8. The van der Waals surface area contributed by atoms with Gasteiger partial charge in [-0.05, 0) is 128 Å². The first-order valence-electron chi connectivity index (χ1n) is 20.7. The van der Waals surface area contributed by atoms with E-state index >= 15 is 0 Å². The number of phenolic OH excluding ortho intramolecular Hbond substituents is 1. The van der Waals surface area contributed by atoms with Gasteiger partial charge in [-0.15, -0.1) is 0 Å². The number of hydrogen-bond donors (Lipinski definition) is 1. The Labute approximate surface area is 344 Å². The Morgan fingerprint density at radius 2 is 1.26 bits per heavy atom. The number of hydrogen-bond acceptors (Lipinski definition) is 4. The molecule has 0 radical (unpaired) electrons. The number of pyridine rings is 2. The normalized spacial score (nSPS) is 13.7. The molecule has 290 valence electrons. The molecule has 0 saturated carbocycles. The van der Waals surface area contributed by atoms with Crippen LogP contribution in [0.1, 0.15) is 111 Å². The summed E-state index contributed by atoms with van der Waals surface area (Å²) in [4.78, 5) is 12.7. The van der Waals surface area contributed by atoms with E-state index in [-0.39, 0.29) is 16.6 Å². The molecular weight excluding hydrogens is 707 g/mol. The van der Waals surface area contributed by atoms with E-state index in [0.717, 1.165) is 50.8 Å². The summed E-state index contributed by atoms with van der Waals surface area (Å²) in [5, 5.41) is 12.0. The molecule has 4 nitrogen and oxygen atoms in total. The van der Waals surface area contributed by atoms with E-state index in [2.05, 4.69) is 171 Å². The van der Waals surface area contributed by atoms with Gasteiger partial charge in [0.05, 0.1) is 22.5 Å². The second-order valence-electron chi connectivity index (χ2n) is 18.8. The second kappa shape index (κ2) is 13.3. The number of anilines is 3. The molecular formula is C54H53N3O. The van der Waals surface area contributed by atoms with Gasteiger partial charge in [0.15, 0.2) is 0 Å². The number of aromatic nitrogens is 2. The van der Waals surface area contributed by atoms with Crippen molar-refractivity contribution in [3.05, 3.63) is 178 Å². The minimum absolute atomic E-state index is 0.0576. The van der Waals surface area contributed by atoms with Crippen LogP contribution in [0.15, 0.2) is 128 Å². The summed E-state index contributed by atoms with van der Waals surface area (Å²) in [6.07, 6.45) is 1.84. The van der Waals surface area contributed by atoms with Crippen LogP contribution in [0.25, 0.3) is 33.6 Å². The zero-order valence-electron chi connectivity index (χ0n) is 35.5. The summed E-state index contributed by atoms with van der Waals surface area (Å²) in [6, 6.07) is 43.9. The predicted octanol–water partition coefficient (Wildman–Crippen LogP) is 14.0. The zero-order chi connectivity index (χ0) is 40.9. The molecule has 2 aliphatic rings. The molecule has 2 aromatic heterocycles. The highest BCUT2D eigenvalue weighted by molar-refractivity contribution is 5.96. The summed E-state index contributed by atoms with van der Waals surface area (Å²) in [6.45, 7) is 22.6. The molecule has 5 aromatic carbocycles. The molecule has 0 saturated heterocycles. The number of fused-ring (bicyclic) bond motifs is 10. The van der Waals surface area contributed by atoms with E-state index < -0.39 is 5.41 Å². The van der Waals surface area contributed by atoms with Gasteiger partial charge in [-0.25, -0.2) is 4.98 Å². The fraction of sp³-hybridized carbons (Fsp3) is 0.259. The van der Waals surface area contributed by atoms with Gasteiger partial charge in [0, 0.05) is 23.0 Å². The van der Waals surface area contributed by atoms with Crippen LogP contribution in [0.3, 0.4) is 0 Å². The first-order chi connectivity index (χ1) is 27.6. The van der Waals surface area contributed by atoms with Crippen LogP contribution < -0.4 is 4.90 Å². The molecule has 7 aromatic rings. The molecule has 1 spiro atoms. The monoisotopic (exact) mass is 759 g/mol. The highest BCUT2D eigenvalue weighted by atomic mass is 16.3. The highest BCUT2D eigenvalue weighted by Crippen LogP contribution is 2.64. The van der Waals surface area contributed by atoms with Crippen molar-refractivity contribution in [2.24, 2.45) is 0 Å². The van der Waals surface area contributed by atoms with Crippen LogP contribution in [0.4, 0.5) is 17.2 Å². The number of aryl methyl sites for hydroxylation is 2. The van der Waals surface area contributed by atoms with Crippen LogP contribution in [-0.2, 0) is 16.2 Å². The lowest BCUT2D eigenvalue weighted by Gasteiger charge is -2.33. The zero-order valence-corrected chi connectivity index (χ0v) is 35.5. The molecule has 58 heavy (non-hydrogen) atoms. The lowest BCUT2D eigenvalue weighted by atomic mass is 9.69. The van der Waals surface area contributed by atoms with E-state index in [9.17, 15) is 5.11 Å². The summed E-state index contributed by atoms with van der Waals surface area (Å²) in [5.41, 5.74) is 18.2. The molecule has 0 fully saturated rings. The molecule has 4 heteroatoms. The Balaban J connectivity index is 1.35. The molecule has 0 aliphatic heterocycles. The van der Waals surface area contributed by atoms with Gasteiger partial charge in [0.2, 0.25) is 0 Å². The van der Waals surface area contributed by atoms with E-state index in [1.807, 2.05) is 30.5 Å². The van der Waals surface area contributed by atoms with Gasteiger partial charge >= 0.3 is 0 Å². The van der Waals surface area contributed by atoms with Crippen molar-refractivity contribution in [1.82, 2.24) is 9.97 Å². The Kier molecular flexibility index (Phi) is 8.60. The third-order valence-corrected chi connectivity index (χ3v) is 12.5. The predicted molar refractivity (Wildman–Crippen MR) is 241 cm³/mol. The lowest BCUT2D eigenvalue weighted by molar-refractivity contribution is 0.476. The number of aromatic hydroxyl groups is 1. The molecule has 0 amide bonds. The first-order valence-corrected chi connectivity index (χ1v) is 20.7. The maximum Gasteiger partial charge on any atom is 0.138 e. The summed E-state index contributed by atoms with van der Waals surface area (Å²) in [7, 11) is 0. The Morgan fingerprint density at radius 3 is 1.84 bits per heavy atom. The van der Waals surface area contributed by atoms with Crippen molar-refractivity contribution in [2.75, 3.05) is 4.90 Å². The van der Waals surface area contributed by atoms with Gasteiger partial charge in [0.1, 0.15) is 11.6 Å². The van der Waals surface area contributed by atoms with Crippen molar-refractivity contribution >= 4 is 17.2 Å². The van der Waals surface area contributed by atoms with Crippen LogP contribution in [-0.4, -0.2) is 15.1 Å². The topological polar surface area (TPSA) is 49.2 Å². The number of nitrogens with zero attached hydrogens (tertiary/aromatic N) is 3. The minimum Gasteiger partial charge on any atom is -0.507 e. The standard InChI is InChI=1S/C54H53N3O/c1-32(2)36-27-33(3)51(34(4)28-36)57(39-16-13-15-35(29-39)46-18-11-12-26-55-46)48-25-24-43-50(56-48)49-42(17-14-19-47(49)58)54(43)44-30-37(52(5,6)7)20-22-40(44)41-23-21-38(31-45(41)54)53(8,9)10/h11-32,58H,1-10H3. The van der Waals surface area contributed by atoms with E-state index in [1.54, 1.807) is 0 Å². The third-order valence-electron chi connectivity index (χ3n) is 12.5. The lowest BCUT2D eigenvalue weighted by Crippen LogP contribution is -2.27. The SMILES string of the molecule is Cc1cc(C(C)C)cc(C)c1N(c1cccc(-c2ccccn2)c1)c1ccc2c(n1)-c1c(O)cccc1C21c2cc(C(C)(C)C)ccc2-c2ccc(C(C)(C)C)cc21. The fourth-order valence-electron chi connectivity index (χ4n) is 9.54. The molecule has 0 bridgehead atoms. The molecule has 0 atom stereocenters. The average molecular weight is 760 g/mol. The summed E-state index contributed by atoms with van der Waals surface area (Å²) >= 11 is 0. The van der Waals surface area contributed by atoms with Crippen LogP contribution in [0.5, 0.6) is 5.75 Å². The van der Waals surface area contributed by atoms with E-state index in [0.29, 0.717) is 5.92 Å². The quantitative estimate of drug-likeness (QED) is 0.190. The van der Waals surface area contributed by atoms with Crippen LogP contribution in [0.2, 0.25) is 0 Å². The van der Waals surface area contributed by atoms with Gasteiger partial charge in [0.25, 0.3) is 0 Å². The van der Waals surface area contributed by atoms with Crippen molar-refractivity contribution < 1.29 is 5.11 Å². The highest BCUT2D eigenvalue weighted by Gasteiger charge is 2.54. The van der Waals surface area contributed by atoms with Crippen LogP contribution in [0, 0.1) is 13.8 Å². The van der Waals surface area contributed by atoms with E-state index in [1.165, 1.54) is 50.1 Å². The summed E-state index contributed by atoms with van der Waals surface area (Å²) in [5.74, 6) is 1.43. The van der Waals surface area contributed by atoms with Crippen molar-refractivity contribution in [3.63, 3.8) is 0 Å². The van der Waals surface area contributed by atoms with Crippen LogP contribution >= 0.6 is 0 Å². The molecule has 2 heterocycles. The van der Waals surface area contributed by atoms with Gasteiger partial charge in [-0.1, -0.05) is 140 Å². The maximum atomic E-state index is 12.0.